The zero-order valence-corrected chi connectivity index (χ0v) is 11.6. The van der Waals surface area contributed by atoms with E-state index in [2.05, 4.69) is 11.6 Å². The van der Waals surface area contributed by atoms with Gasteiger partial charge in [0.1, 0.15) is 5.69 Å². The van der Waals surface area contributed by atoms with Crippen molar-refractivity contribution < 1.29 is 4.79 Å². The molecule has 0 bridgehead atoms. The van der Waals surface area contributed by atoms with Gasteiger partial charge in [0.25, 0.3) is 5.91 Å². The van der Waals surface area contributed by atoms with Gasteiger partial charge in [0.15, 0.2) is 0 Å². The van der Waals surface area contributed by atoms with E-state index in [4.69, 9.17) is 0 Å². The van der Waals surface area contributed by atoms with Gasteiger partial charge in [-0.1, -0.05) is 37.1 Å². The van der Waals surface area contributed by atoms with Crippen LogP contribution in [-0.2, 0) is 0 Å². The van der Waals surface area contributed by atoms with Crippen LogP contribution in [0.1, 0.15) is 36.2 Å². The minimum absolute atomic E-state index is 0.0907. The van der Waals surface area contributed by atoms with E-state index in [9.17, 15) is 4.79 Å². The lowest BCUT2D eigenvalue weighted by molar-refractivity contribution is 0.0701. The minimum Gasteiger partial charge on any atom is -0.351 e. The Bertz CT molecular complexity index is 590. The molecule has 1 N–H and O–H groups in total. The highest BCUT2D eigenvalue weighted by Crippen LogP contribution is 2.25. The average molecular weight is 268 g/mol. The van der Waals surface area contributed by atoms with E-state index < -0.39 is 0 Å². The van der Waals surface area contributed by atoms with E-state index >= 15 is 0 Å². The van der Waals surface area contributed by atoms with Gasteiger partial charge >= 0.3 is 0 Å². The summed E-state index contributed by atoms with van der Waals surface area (Å²) in [5, 5.41) is 1.08. The third kappa shape index (κ3) is 2.36. The quantitative estimate of drug-likeness (QED) is 0.842. The largest absolute Gasteiger partial charge is 0.351 e. The van der Waals surface area contributed by atoms with Crippen molar-refractivity contribution in [3.63, 3.8) is 0 Å². The number of hydrogen-bond acceptors (Lipinski definition) is 1. The molecule has 0 saturated heterocycles. The second-order valence-electron chi connectivity index (χ2n) is 5.45. The van der Waals surface area contributed by atoms with Gasteiger partial charge in [-0.05, 0) is 25.0 Å². The monoisotopic (exact) mass is 268 g/mol. The summed E-state index contributed by atoms with van der Waals surface area (Å²) in [6.45, 7) is 4.41. The van der Waals surface area contributed by atoms with Crippen LogP contribution in [0.2, 0.25) is 0 Å². The Labute approximate surface area is 119 Å². The fourth-order valence-electron chi connectivity index (χ4n) is 3.10. The van der Waals surface area contributed by atoms with Crippen molar-refractivity contribution in [2.24, 2.45) is 0 Å². The lowest BCUT2D eigenvalue weighted by Gasteiger charge is -2.27. The summed E-state index contributed by atoms with van der Waals surface area (Å²) in [6, 6.07) is 10.3. The molecule has 0 radical (unpaired) electrons. The number of nitrogens with zero attached hydrogens (tertiary/aromatic N) is 1. The number of carbonyl (C=O) groups is 1. The number of hydrogen-bond donors (Lipinski definition) is 1. The van der Waals surface area contributed by atoms with Crippen LogP contribution >= 0.6 is 0 Å². The van der Waals surface area contributed by atoms with Crippen molar-refractivity contribution in [2.45, 2.75) is 31.7 Å². The molecule has 0 aliphatic heterocycles. The van der Waals surface area contributed by atoms with Crippen LogP contribution in [-0.4, -0.2) is 28.4 Å². The summed E-state index contributed by atoms with van der Waals surface area (Å²) in [7, 11) is 0. The molecule has 3 heteroatoms. The van der Waals surface area contributed by atoms with Crippen LogP contribution in [0.15, 0.2) is 43.0 Å². The third-order valence-electron chi connectivity index (χ3n) is 4.11. The summed E-state index contributed by atoms with van der Waals surface area (Å²) in [6.07, 6.45) is 6.48. The maximum absolute atomic E-state index is 12.7. The number of benzene rings is 1. The molecule has 104 valence electrons. The SMILES string of the molecule is C=CCN(C(=O)c1cc2ccccc2[nH]1)C1CCCC1. The standard InChI is InChI=1S/C17H20N2O/c1-2-11-19(14-8-4-5-9-14)17(20)16-12-13-7-3-6-10-15(13)18-16/h2-3,6-7,10,12,14,18H,1,4-5,8-9,11H2. The number of aromatic nitrogens is 1. The summed E-state index contributed by atoms with van der Waals surface area (Å²) in [5.41, 5.74) is 1.70. The molecule has 3 nitrogen and oxygen atoms in total. The molecule has 20 heavy (non-hydrogen) atoms. The van der Waals surface area contributed by atoms with Crippen molar-refractivity contribution in [3.05, 3.63) is 48.7 Å². The molecule has 2 aromatic rings. The van der Waals surface area contributed by atoms with Crippen molar-refractivity contribution in [3.8, 4) is 0 Å². The van der Waals surface area contributed by atoms with Gasteiger partial charge in [-0.25, -0.2) is 0 Å². The van der Waals surface area contributed by atoms with E-state index in [1.165, 1.54) is 12.8 Å². The summed E-state index contributed by atoms with van der Waals surface area (Å²) >= 11 is 0. The molecular formula is C17H20N2O. The Morgan fingerprint density at radius 2 is 2.10 bits per heavy atom. The number of H-pyrrole nitrogens is 1. The number of nitrogens with one attached hydrogen (secondary N) is 1. The lowest BCUT2D eigenvalue weighted by Crippen LogP contribution is -2.39. The maximum atomic E-state index is 12.7. The van der Waals surface area contributed by atoms with E-state index in [1.807, 2.05) is 41.3 Å². The van der Waals surface area contributed by atoms with Gasteiger partial charge in [0.05, 0.1) is 0 Å². The highest BCUT2D eigenvalue weighted by Gasteiger charge is 2.27. The summed E-state index contributed by atoms with van der Waals surface area (Å²) < 4.78 is 0. The minimum atomic E-state index is 0.0907. The van der Waals surface area contributed by atoms with Gasteiger partial charge in [0, 0.05) is 23.5 Å². The fraction of sp³-hybridized carbons (Fsp3) is 0.353. The zero-order chi connectivity index (χ0) is 13.9. The lowest BCUT2D eigenvalue weighted by atomic mass is 10.2. The first-order valence-corrected chi connectivity index (χ1v) is 7.29. The maximum Gasteiger partial charge on any atom is 0.270 e. The first-order chi connectivity index (χ1) is 9.79. The second kappa shape index (κ2) is 5.53. The number of amides is 1. The first kappa shape index (κ1) is 13.0. The molecular weight excluding hydrogens is 248 g/mol. The Kier molecular flexibility index (Phi) is 3.59. The number of rotatable bonds is 4. The molecule has 1 saturated carbocycles. The van der Waals surface area contributed by atoms with E-state index in [-0.39, 0.29) is 5.91 Å². The van der Waals surface area contributed by atoms with Crippen LogP contribution in [0.5, 0.6) is 0 Å². The zero-order valence-electron chi connectivity index (χ0n) is 11.6. The fourth-order valence-corrected chi connectivity index (χ4v) is 3.10. The van der Waals surface area contributed by atoms with Crippen molar-refractivity contribution in [2.75, 3.05) is 6.54 Å². The predicted octanol–water partition coefficient (Wildman–Crippen LogP) is 3.74. The smallest absolute Gasteiger partial charge is 0.270 e. The first-order valence-electron chi connectivity index (χ1n) is 7.29. The van der Waals surface area contributed by atoms with Gasteiger partial charge in [-0.2, -0.15) is 0 Å². The Balaban J connectivity index is 1.89. The average Bonchev–Trinajstić information content (AvgIpc) is 3.12. The van der Waals surface area contributed by atoms with Gasteiger partial charge in [-0.3, -0.25) is 4.79 Å². The number of para-hydroxylation sites is 1. The van der Waals surface area contributed by atoms with Crippen LogP contribution in [0.4, 0.5) is 0 Å². The van der Waals surface area contributed by atoms with Crippen LogP contribution in [0.3, 0.4) is 0 Å². The molecule has 1 heterocycles. The molecule has 0 atom stereocenters. The molecule has 0 unspecified atom stereocenters. The molecule has 1 fully saturated rings. The van der Waals surface area contributed by atoms with Gasteiger partial charge in [-0.15, -0.1) is 6.58 Å². The molecule has 1 aromatic carbocycles. The van der Waals surface area contributed by atoms with Crippen LogP contribution in [0, 0.1) is 0 Å². The molecule has 3 rings (SSSR count). The van der Waals surface area contributed by atoms with Crippen LogP contribution < -0.4 is 0 Å². The van der Waals surface area contributed by atoms with E-state index in [0.717, 1.165) is 23.7 Å². The van der Waals surface area contributed by atoms with Crippen LogP contribution in [0.25, 0.3) is 10.9 Å². The number of aromatic amines is 1. The highest BCUT2D eigenvalue weighted by atomic mass is 16.2. The molecule has 1 aliphatic rings. The van der Waals surface area contributed by atoms with Gasteiger partial charge < -0.3 is 9.88 Å². The molecule has 1 aliphatic carbocycles. The Morgan fingerprint density at radius 3 is 2.80 bits per heavy atom. The Hall–Kier alpha value is -2.03. The number of carbonyl (C=O) groups excluding carboxylic acids is 1. The number of fused-ring (bicyclic) bond motifs is 1. The highest BCUT2D eigenvalue weighted by molar-refractivity contribution is 5.98. The third-order valence-corrected chi connectivity index (χ3v) is 4.11. The molecule has 1 amide bonds. The van der Waals surface area contributed by atoms with Crippen molar-refractivity contribution in [1.82, 2.24) is 9.88 Å². The topological polar surface area (TPSA) is 36.1 Å². The summed E-state index contributed by atoms with van der Waals surface area (Å²) in [5.74, 6) is 0.0907. The predicted molar refractivity (Wildman–Crippen MR) is 81.8 cm³/mol. The van der Waals surface area contributed by atoms with Crippen molar-refractivity contribution >= 4 is 16.8 Å². The van der Waals surface area contributed by atoms with Gasteiger partial charge in [0.2, 0.25) is 0 Å². The normalized spacial score (nSPS) is 15.6. The molecule has 0 spiro atoms. The van der Waals surface area contributed by atoms with E-state index in [0.29, 0.717) is 18.3 Å². The summed E-state index contributed by atoms with van der Waals surface area (Å²) in [4.78, 5) is 17.9. The van der Waals surface area contributed by atoms with Crippen molar-refractivity contribution in [1.29, 1.82) is 0 Å². The molecule has 1 aromatic heterocycles. The van der Waals surface area contributed by atoms with E-state index in [1.54, 1.807) is 0 Å². The Morgan fingerprint density at radius 1 is 1.35 bits per heavy atom. The second-order valence-corrected chi connectivity index (χ2v) is 5.45.